The number of hydrogen-bond acceptors (Lipinski definition) is 6. The second-order valence-electron chi connectivity index (χ2n) is 11.7. The molecule has 0 bridgehead atoms. The van der Waals surface area contributed by atoms with E-state index in [1.165, 1.54) is 6.92 Å². The summed E-state index contributed by atoms with van der Waals surface area (Å²) in [5, 5.41) is 11.6. The van der Waals surface area contributed by atoms with Crippen LogP contribution in [0.15, 0.2) is 0 Å². The molecule has 0 aliphatic carbocycles. The molecule has 4 N–H and O–H groups in total. The van der Waals surface area contributed by atoms with Gasteiger partial charge < -0.3 is 26.0 Å². The van der Waals surface area contributed by atoms with Crippen molar-refractivity contribution in [2.24, 2.45) is 0 Å². The van der Waals surface area contributed by atoms with Crippen molar-refractivity contribution >= 4 is 29.6 Å². The molecular weight excluding hydrogens is 512 g/mol. The first-order valence-corrected chi connectivity index (χ1v) is 14.9. The summed E-state index contributed by atoms with van der Waals surface area (Å²) in [5.41, 5.74) is -5.81. The number of amides is 4. The largest absolute Gasteiger partial charge is 0.458 e. The lowest BCUT2D eigenvalue weighted by Gasteiger charge is -2.42. The lowest BCUT2D eigenvalue weighted by Crippen LogP contribution is -2.70. The Morgan fingerprint density at radius 1 is 0.475 bits per heavy atom. The Labute approximate surface area is 241 Å². The summed E-state index contributed by atoms with van der Waals surface area (Å²) >= 11 is 0. The van der Waals surface area contributed by atoms with Gasteiger partial charge in [-0.2, -0.15) is 0 Å². The van der Waals surface area contributed by atoms with Crippen LogP contribution in [0.5, 0.6) is 0 Å². The molecule has 0 atom stereocenters. The minimum absolute atomic E-state index is 0.260. The molecule has 0 aliphatic rings. The molecule has 0 fully saturated rings. The van der Waals surface area contributed by atoms with Gasteiger partial charge in [0.05, 0.1) is 0 Å². The maximum Gasteiger partial charge on any atom is 0.332 e. The number of hydrogen-bond donors (Lipinski definition) is 4. The lowest BCUT2D eigenvalue weighted by molar-refractivity contribution is -0.166. The fourth-order valence-corrected chi connectivity index (χ4v) is 4.90. The van der Waals surface area contributed by atoms with Crippen molar-refractivity contribution in [1.29, 1.82) is 0 Å². The molecule has 232 valence electrons. The number of nitrogens with one attached hydrogen (secondary N) is 4. The first kappa shape index (κ1) is 37.4. The number of esters is 1. The number of rotatable bonds is 16. The molecule has 10 heteroatoms. The van der Waals surface area contributed by atoms with E-state index >= 15 is 0 Å². The van der Waals surface area contributed by atoms with Gasteiger partial charge in [0.25, 0.3) is 0 Å². The Morgan fingerprint density at radius 2 is 0.725 bits per heavy atom. The Morgan fingerprint density at radius 3 is 0.950 bits per heavy atom. The maximum atomic E-state index is 14.0. The van der Waals surface area contributed by atoms with Gasteiger partial charge in [-0.3, -0.25) is 19.2 Å². The highest BCUT2D eigenvalue weighted by Crippen LogP contribution is 2.27. The number of carbonyl (C=O) groups excluding carboxylic acids is 5. The highest BCUT2D eigenvalue weighted by atomic mass is 16.6. The third-order valence-electron chi connectivity index (χ3n) is 8.40. The van der Waals surface area contributed by atoms with Gasteiger partial charge in [0.1, 0.15) is 27.8 Å². The van der Waals surface area contributed by atoms with Crippen LogP contribution in [0.25, 0.3) is 0 Å². The number of ether oxygens (including phenoxy) is 1. The zero-order valence-corrected chi connectivity index (χ0v) is 27.1. The first-order valence-electron chi connectivity index (χ1n) is 14.9. The molecule has 0 unspecified atom stereocenters. The van der Waals surface area contributed by atoms with Crippen molar-refractivity contribution in [2.75, 3.05) is 0 Å². The van der Waals surface area contributed by atoms with Crippen molar-refractivity contribution < 1.29 is 28.7 Å². The summed E-state index contributed by atoms with van der Waals surface area (Å²) in [5.74, 6) is -2.29. The van der Waals surface area contributed by atoms with Crippen LogP contribution >= 0.6 is 0 Å². The first-order chi connectivity index (χ1) is 18.4. The minimum Gasteiger partial charge on any atom is -0.458 e. The molecule has 4 amide bonds. The predicted octanol–water partition coefficient (Wildman–Crippen LogP) is 4.05. The molecule has 0 radical (unpaired) electrons. The van der Waals surface area contributed by atoms with E-state index in [4.69, 9.17) is 4.74 Å². The highest BCUT2D eigenvalue weighted by Gasteiger charge is 2.49. The van der Waals surface area contributed by atoms with Crippen LogP contribution in [0.4, 0.5) is 0 Å². The van der Waals surface area contributed by atoms with Crippen molar-refractivity contribution in [3.8, 4) is 0 Å². The minimum atomic E-state index is -1.33. The van der Waals surface area contributed by atoms with Crippen molar-refractivity contribution in [3.05, 3.63) is 0 Å². The summed E-state index contributed by atoms with van der Waals surface area (Å²) < 4.78 is 5.64. The van der Waals surface area contributed by atoms with Gasteiger partial charge in [0.2, 0.25) is 23.6 Å². The Bertz CT molecular complexity index is 892. The lowest BCUT2D eigenvalue weighted by atomic mass is 9.83. The van der Waals surface area contributed by atoms with Gasteiger partial charge in [-0.05, 0) is 72.1 Å². The average Bonchev–Trinajstić information content (AvgIpc) is 2.90. The zero-order chi connectivity index (χ0) is 31.6. The molecule has 0 saturated carbocycles. The third-order valence-corrected chi connectivity index (χ3v) is 8.40. The topological polar surface area (TPSA) is 143 Å². The van der Waals surface area contributed by atoms with Crippen molar-refractivity contribution in [3.63, 3.8) is 0 Å². The molecule has 0 aromatic heterocycles. The van der Waals surface area contributed by atoms with Gasteiger partial charge in [-0.1, -0.05) is 55.4 Å². The van der Waals surface area contributed by atoms with E-state index in [1.54, 1.807) is 62.3 Å². The van der Waals surface area contributed by atoms with E-state index in [9.17, 15) is 24.0 Å². The molecule has 0 rings (SSSR count). The Kier molecular flexibility index (Phi) is 13.8. The van der Waals surface area contributed by atoms with Crippen molar-refractivity contribution in [2.45, 2.75) is 162 Å². The van der Waals surface area contributed by atoms with Gasteiger partial charge >= 0.3 is 5.97 Å². The standard InChI is InChI=1S/C30H56N4O6/c1-13-27(14-2,31-21(9)35)22(36)32-28(15-3,16-4)23(37)33-29(17-5,18-6)24(38)34-30(19-7,20-8)25(39)40-26(10,11)12/h13-20H2,1-12H3,(H,31,35)(H,32,36)(H,33,37)(H,34,38). The molecule has 10 nitrogen and oxygen atoms in total. The molecule has 0 heterocycles. The average molecular weight is 569 g/mol. The smallest absolute Gasteiger partial charge is 0.332 e. The fourth-order valence-electron chi connectivity index (χ4n) is 4.90. The van der Waals surface area contributed by atoms with Crippen molar-refractivity contribution in [1.82, 2.24) is 21.3 Å². The molecule has 0 saturated heterocycles. The van der Waals surface area contributed by atoms with E-state index in [-0.39, 0.29) is 31.6 Å². The molecule has 40 heavy (non-hydrogen) atoms. The molecule has 0 aromatic carbocycles. The van der Waals surface area contributed by atoms with Crippen LogP contribution in [0.2, 0.25) is 0 Å². The second kappa shape index (κ2) is 14.8. The second-order valence-corrected chi connectivity index (χ2v) is 11.7. The Hall–Kier alpha value is -2.65. The predicted molar refractivity (Wildman–Crippen MR) is 157 cm³/mol. The van der Waals surface area contributed by atoms with Crippen LogP contribution in [0.3, 0.4) is 0 Å². The van der Waals surface area contributed by atoms with E-state index in [1.807, 2.05) is 13.8 Å². The molecular formula is C30H56N4O6. The third kappa shape index (κ3) is 8.43. The summed E-state index contributed by atoms with van der Waals surface area (Å²) in [7, 11) is 0. The van der Waals surface area contributed by atoms with E-state index in [0.29, 0.717) is 25.7 Å². The van der Waals surface area contributed by atoms with Crippen LogP contribution in [-0.2, 0) is 28.7 Å². The van der Waals surface area contributed by atoms with Crippen LogP contribution < -0.4 is 21.3 Å². The van der Waals surface area contributed by atoms with E-state index < -0.39 is 51.4 Å². The van der Waals surface area contributed by atoms with Crippen LogP contribution in [-0.4, -0.2) is 57.4 Å². The summed E-state index contributed by atoms with van der Waals surface area (Å²) in [6.07, 6.45) is 2.36. The van der Waals surface area contributed by atoms with Gasteiger partial charge in [0.15, 0.2) is 0 Å². The van der Waals surface area contributed by atoms with Crippen LogP contribution in [0, 0.1) is 0 Å². The monoisotopic (exact) mass is 568 g/mol. The summed E-state index contributed by atoms with van der Waals surface area (Å²) in [6.45, 7) is 21.1. The van der Waals surface area contributed by atoms with E-state index in [0.717, 1.165) is 0 Å². The van der Waals surface area contributed by atoms with E-state index in [2.05, 4.69) is 21.3 Å². The van der Waals surface area contributed by atoms with Gasteiger partial charge in [0, 0.05) is 6.92 Å². The normalized spacial score (nSPS) is 12.8. The molecule has 0 aliphatic heterocycles. The SMILES string of the molecule is CCC(CC)(NC(C)=O)C(=O)NC(CC)(CC)C(=O)NC(CC)(CC)C(=O)NC(CC)(CC)C(=O)OC(C)(C)C. The maximum absolute atomic E-state index is 14.0. The van der Waals surface area contributed by atoms with Crippen LogP contribution in [0.1, 0.15) is 134 Å². The summed E-state index contributed by atoms with van der Waals surface area (Å²) in [4.78, 5) is 66.5. The van der Waals surface area contributed by atoms with Gasteiger partial charge in [-0.25, -0.2) is 4.79 Å². The van der Waals surface area contributed by atoms with Gasteiger partial charge in [-0.15, -0.1) is 0 Å². The zero-order valence-electron chi connectivity index (χ0n) is 27.1. The highest BCUT2D eigenvalue weighted by molar-refractivity contribution is 6.00. The quantitative estimate of drug-likeness (QED) is 0.207. The Balaban J connectivity index is 6.40. The number of carbonyl (C=O) groups is 5. The molecule has 0 spiro atoms. The molecule has 0 aromatic rings. The summed E-state index contributed by atoms with van der Waals surface area (Å²) in [6, 6.07) is 0. The fraction of sp³-hybridized carbons (Fsp3) is 0.833.